The third kappa shape index (κ3) is 8.59. The normalized spacial score (nSPS) is 12.9. The van der Waals surface area contributed by atoms with Gasteiger partial charge in [-0.25, -0.2) is 4.79 Å². The molecule has 0 saturated heterocycles. The smallest absolute Gasteiger partial charge is 0.408 e. The average molecular weight is 514 g/mol. The van der Waals surface area contributed by atoms with Gasteiger partial charge in [0, 0.05) is 18.8 Å². The molecule has 2 N–H and O–H groups in total. The molecule has 0 heterocycles. The molecule has 0 fully saturated rings. The SMILES string of the molecule is CCCN(C(=O)C(CS)NC(=O)OC(C)(C)C)C(C(=O)NCc1ccccc1)c1cc(C)ccc1C. The van der Waals surface area contributed by atoms with E-state index in [1.807, 2.05) is 69.3 Å². The molecule has 7 nitrogen and oxygen atoms in total. The number of carbonyl (C=O) groups excluding carboxylic acids is 3. The summed E-state index contributed by atoms with van der Waals surface area (Å²) >= 11 is 4.32. The van der Waals surface area contributed by atoms with Crippen LogP contribution in [-0.2, 0) is 20.9 Å². The van der Waals surface area contributed by atoms with E-state index in [0.29, 0.717) is 19.5 Å². The number of alkyl carbamates (subject to hydrolysis) is 1. The number of nitrogens with zero attached hydrogens (tertiary/aromatic N) is 1. The van der Waals surface area contributed by atoms with Crippen molar-refractivity contribution >= 4 is 30.5 Å². The van der Waals surface area contributed by atoms with Gasteiger partial charge in [0.2, 0.25) is 11.8 Å². The summed E-state index contributed by atoms with van der Waals surface area (Å²) in [6.45, 7) is 11.7. The first kappa shape index (κ1) is 29.2. The molecule has 2 unspecified atom stereocenters. The molecule has 0 saturated carbocycles. The Bertz CT molecular complexity index is 1040. The summed E-state index contributed by atoms with van der Waals surface area (Å²) in [7, 11) is 0. The van der Waals surface area contributed by atoms with Crippen molar-refractivity contribution in [3.63, 3.8) is 0 Å². The Labute approximate surface area is 220 Å². The minimum atomic E-state index is -0.954. The van der Waals surface area contributed by atoms with Gasteiger partial charge in [0.15, 0.2) is 0 Å². The van der Waals surface area contributed by atoms with Crippen LogP contribution in [0.4, 0.5) is 4.79 Å². The van der Waals surface area contributed by atoms with E-state index in [4.69, 9.17) is 4.74 Å². The van der Waals surface area contributed by atoms with Crippen LogP contribution >= 0.6 is 12.6 Å². The molecule has 3 amide bonds. The van der Waals surface area contributed by atoms with Gasteiger partial charge in [-0.15, -0.1) is 0 Å². The fourth-order valence-corrected chi connectivity index (χ4v) is 4.08. The van der Waals surface area contributed by atoms with E-state index < -0.39 is 29.7 Å². The van der Waals surface area contributed by atoms with Crippen LogP contribution in [0, 0.1) is 13.8 Å². The first-order valence-corrected chi connectivity index (χ1v) is 12.9. The number of benzene rings is 2. The van der Waals surface area contributed by atoms with Crippen molar-refractivity contribution < 1.29 is 19.1 Å². The minimum Gasteiger partial charge on any atom is -0.444 e. The highest BCUT2D eigenvalue weighted by atomic mass is 32.1. The van der Waals surface area contributed by atoms with Crippen LogP contribution < -0.4 is 10.6 Å². The van der Waals surface area contributed by atoms with Gasteiger partial charge in [0.1, 0.15) is 17.7 Å². The second kappa shape index (κ2) is 13.3. The molecule has 36 heavy (non-hydrogen) atoms. The van der Waals surface area contributed by atoms with Gasteiger partial charge in [-0.05, 0) is 57.7 Å². The van der Waals surface area contributed by atoms with Crippen molar-refractivity contribution in [2.45, 2.75) is 72.2 Å². The molecule has 0 bridgehead atoms. The van der Waals surface area contributed by atoms with E-state index >= 15 is 0 Å². The highest BCUT2D eigenvalue weighted by Gasteiger charge is 2.36. The van der Waals surface area contributed by atoms with Crippen molar-refractivity contribution in [3.8, 4) is 0 Å². The average Bonchev–Trinajstić information content (AvgIpc) is 2.82. The molecule has 196 valence electrons. The zero-order chi connectivity index (χ0) is 26.9. The molecule has 0 aliphatic carbocycles. The second-order valence-electron chi connectivity index (χ2n) is 9.88. The lowest BCUT2D eigenvalue weighted by atomic mass is 9.96. The van der Waals surface area contributed by atoms with Crippen LogP contribution in [0.1, 0.15) is 62.4 Å². The van der Waals surface area contributed by atoms with Crippen LogP contribution in [0.2, 0.25) is 0 Å². The Hall–Kier alpha value is -3.00. The topological polar surface area (TPSA) is 87.7 Å². The van der Waals surface area contributed by atoms with E-state index in [2.05, 4.69) is 23.3 Å². The van der Waals surface area contributed by atoms with Crippen LogP contribution in [0.15, 0.2) is 48.5 Å². The Balaban J connectivity index is 2.42. The van der Waals surface area contributed by atoms with Crippen molar-refractivity contribution in [1.82, 2.24) is 15.5 Å². The highest BCUT2D eigenvalue weighted by Crippen LogP contribution is 2.27. The molecule has 0 aliphatic heterocycles. The van der Waals surface area contributed by atoms with Crippen LogP contribution in [0.5, 0.6) is 0 Å². The molecule has 2 rings (SSSR count). The first-order valence-electron chi connectivity index (χ1n) is 12.3. The van der Waals surface area contributed by atoms with E-state index in [0.717, 1.165) is 22.3 Å². The number of rotatable bonds is 10. The Kier molecular flexibility index (Phi) is 10.8. The predicted molar refractivity (Wildman–Crippen MR) is 146 cm³/mol. The maximum Gasteiger partial charge on any atom is 0.408 e. The van der Waals surface area contributed by atoms with E-state index in [9.17, 15) is 14.4 Å². The Morgan fingerprint density at radius 1 is 1.06 bits per heavy atom. The fraction of sp³-hybridized carbons (Fsp3) is 0.464. The lowest BCUT2D eigenvalue weighted by molar-refractivity contribution is -0.142. The van der Waals surface area contributed by atoms with Crippen LogP contribution in [-0.4, -0.2) is 46.7 Å². The van der Waals surface area contributed by atoms with Crippen molar-refractivity contribution in [1.29, 1.82) is 0 Å². The van der Waals surface area contributed by atoms with E-state index in [-0.39, 0.29) is 11.7 Å². The summed E-state index contributed by atoms with van der Waals surface area (Å²) in [4.78, 5) is 41.4. The highest BCUT2D eigenvalue weighted by molar-refractivity contribution is 7.80. The van der Waals surface area contributed by atoms with Crippen molar-refractivity contribution in [3.05, 3.63) is 70.8 Å². The zero-order valence-electron chi connectivity index (χ0n) is 22.1. The molecule has 0 aromatic heterocycles. The van der Waals surface area contributed by atoms with Crippen molar-refractivity contribution in [2.75, 3.05) is 12.3 Å². The van der Waals surface area contributed by atoms with Gasteiger partial charge in [-0.1, -0.05) is 61.0 Å². The number of amides is 3. The van der Waals surface area contributed by atoms with Gasteiger partial charge in [0.25, 0.3) is 0 Å². The first-order chi connectivity index (χ1) is 17.0. The summed E-state index contributed by atoms with van der Waals surface area (Å²) in [5.41, 5.74) is 2.88. The molecule has 2 aromatic carbocycles. The molecule has 8 heteroatoms. The third-order valence-corrected chi connectivity index (χ3v) is 5.88. The summed E-state index contributed by atoms with van der Waals surface area (Å²) in [5, 5.41) is 5.63. The summed E-state index contributed by atoms with van der Waals surface area (Å²) in [5.74, 6) is -0.619. The van der Waals surface area contributed by atoms with Gasteiger partial charge in [-0.3, -0.25) is 9.59 Å². The zero-order valence-corrected chi connectivity index (χ0v) is 23.0. The Morgan fingerprint density at radius 2 is 1.72 bits per heavy atom. The number of hydrogen-bond acceptors (Lipinski definition) is 5. The molecule has 2 atom stereocenters. The molecular formula is C28H39N3O4S. The van der Waals surface area contributed by atoms with Crippen molar-refractivity contribution in [2.24, 2.45) is 0 Å². The largest absolute Gasteiger partial charge is 0.444 e. The standard InChI is InChI=1S/C28H39N3O4S/c1-7-15-31(26(33)23(18-36)30-27(34)35-28(4,5)6)24(22-16-19(2)13-14-20(22)3)25(32)29-17-21-11-9-8-10-12-21/h8-14,16,23-24,36H,7,15,17-18H2,1-6H3,(H,29,32)(H,30,34). The number of nitrogens with one attached hydrogen (secondary N) is 2. The monoisotopic (exact) mass is 513 g/mol. The lowest BCUT2D eigenvalue weighted by Gasteiger charge is -2.34. The predicted octanol–water partition coefficient (Wildman–Crippen LogP) is 4.72. The number of hydrogen-bond donors (Lipinski definition) is 3. The fourth-order valence-electron chi connectivity index (χ4n) is 3.83. The molecule has 0 spiro atoms. The molecule has 0 radical (unpaired) electrons. The molecular weight excluding hydrogens is 474 g/mol. The quantitative estimate of drug-likeness (QED) is 0.401. The Morgan fingerprint density at radius 3 is 2.31 bits per heavy atom. The van der Waals surface area contributed by atoms with E-state index in [1.165, 1.54) is 0 Å². The summed E-state index contributed by atoms with van der Waals surface area (Å²) in [6, 6.07) is 13.7. The number of thiol groups is 1. The number of carbonyl (C=O) groups is 3. The van der Waals surface area contributed by atoms with E-state index in [1.54, 1.807) is 25.7 Å². The molecule has 0 aliphatic rings. The van der Waals surface area contributed by atoms with Crippen LogP contribution in [0.3, 0.4) is 0 Å². The van der Waals surface area contributed by atoms with Gasteiger partial charge in [-0.2, -0.15) is 12.6 Å². The lowest BCUT2D eigenvalue weighted by Crippen LogP contribution is -2.54. The maximum absolute atomic E-state index is 13.8. The summed E-state index contributed by atoms with van der Waals surface area (Å²) < 4.78 is 5.34. The minimum absolute atomic E-state index is 0.0590. The maximum atomic E-state index is 13.8. The van der Waals surface area contributed by atoms with Crippen LogP contribution in [0.25, 0.3) is 0 Å². The number of ether oxygens (including phenoxy) is 1. The van der Waals surface area contributed by atoms with Gasteiger partial charge < -0.3 is 20.3 Å². The van der Waals surface area contributed by atoms with Gasteiger partial charge in [0.05, 0.1) is 0 Å². The summed E-state index contributed by atoms with van der Waals surface area (Å²) in [6.07, 6.45) is -0.0756. The van der Waals surface area contributed by atoms with Gasteiger partial charge >= 0.3 is 6.09 Å². The second-order valence-corrected chi connectivity index (χ2v) is 10.2. The number of aryl methyl sites for hydroxylation is 2. The molecule has 2 aromatic rings. The third-order valence-electron chi connectivity index (χ3n) is 5.52.